The maximum Gasteiger partial charge on any atom is 0.335 e. The molecule has 1 heterocycles. The van der Waals surface area contributed by atoms with Gasteiger partial charge in [-0.05, 0) is 69.0 Å². The summed E-state index contributed by atoms with van der Waals surface area (Å²) in [6, 6.07) is 21.1. The van der Waals surface area contributed by atoms with E-state index in [0.717, 1.165) is 18.5 Å². The van der Waals surface area contributed by atoms with Gasteiger partial charge in [-0.3, -0.25) is 9.59 Å². The van der Waals surface area contributed by atoms with Gasteiger partial charge in [0.05, 0.1) is 22.5 Å². The number of amides is 2. The molecule has 3 aromatic rings. The summed E-state index contributed by atoms with van der Waals surface area (Å²) in [6.07, 6.45) is 0.865. The lowest BCUT2D eigenvalue weighted by molar-refractivity contribution is -0.110. The Balaban J connectivity index is 1.62. The number of carbonyl (C=O) groups excluding carboxylic acids is 2. The van der Waals surface area contributed by atoms with Gasteiger partial charge in [-0.1, -0.05) is 36.4 Å². The summed E-state index contributed by atoms with van der Waals surface area (Å²) < 4.78 is 0. The molecule has 36 heavy (non-hydrogen) atoms. The van der Waals surface area contributed by atoms with E-state index in [9.17, 15) is 19.5 Å². The van der Waals surface area contributed by atoms with Crippen molar-refractivity contribution in [3.63, 3.8) is 0 Å². The first-order valence-electron chi connectivity index (χ1n) is 11.6. The second kappa shape index (κ2) is 10.9. The van der Waals surface area contributed by atoms with Gasteiger partial charge in [-0.15, -0.1) is 0 Å². The van der Waals surface area contributed by atoms with Crippen LogP contribution in [0.2, 0.25) is 0 Å². The quantitative estimate of drug-likeness (QED) is 0.270. The van der Waals surface area contributed by atoms with E-state index >= 15 is 0 Å². The third-order valence-corrected chi connectivity index (χ3v) is 5.81. The van der Waals surface area contributed by atoms with Crippen molar-refractivity contribution in [2.75, 3.05) is 37.8 Å². The highest BCUT2D eigenvalue weighted by atomic mass is 16.4. The normalized spacial score (nSPS) is 13.7. The zero-order valence-corrected chi connectivity index (χ0v) is 20.2. The molecular weight excluding hydrogens is 456 g/mol. The molecule has 3 aromatic carbocycles. The van der Waals surface area contributed by atoms with Gasteiger partial charge >= 0.3 is 5.97 Å². The topological polar surface area (TPSA) is 111 Å². The summed E-state index contributed by atoms with van der Waals surface area (Å²) in [5, 5.41) is 18.4. The van der Waals surface area contributed by atoms with Gasteiger partial charge in [0.2, 0.25) is 0 Å². The number of anilines is 2. The Bertz CT molecular complexity index is 1320. The lowest BCUT2D eigenvalue weighted by Crippen LogP contribution is -2.27. The van der Waals surface area contributed by atoms with Crippen molar-refractivity contribution in [1.82, 2.24) is 10.2 Å². The van der Waals surface area contributed by atoms with Crippen LogP contribution in [-0.4, -0.2) is 55.0 Å². The zero-order chi connectivity index (χ0) is 25.7. The second-order valence-corrected chi connectivity index (χ2v) is 8.75. The Morgan fingerprint density at radius 2 is 1.61 bits per heavy atom. The summed E-state index contributed by atoms with van der Waals surface area (Å²) in [7, 11) is 3.99. The molecule has 0 saturated heterocycles. The minimum absolute atomic E-state index is 0.0973. The molecule has 0 atom stereocenters. The minimum Gasteiger partial charge on any atom is -0.478 e. The molecule has 0 bridgehead atoms. The van der Waals surface area contributed by atoms with E-state index in [1.165, 1.54) is 12.1 Å². The number of fused-ring (bicyclic) bond motifs is 1. The predicted molar refractivity (Wildman–Crippen MR) is 141 cm³/mol. The number of rotatable bonds is 9. The first-order valence-corrected chi connectivity index (χ1v) is 11.6. The molecule has 0 aromatic heterocycles. The molecule has 4 N–H and O–H groups in total. The van der Waals surface area contributed by atoms with Crippen molar-refractivity contribution < 1.29 is 19.5 Å². The third kappa shape index (κ3) is 5.61. The van der Waals surface area contributed by atoms with E-state index in [1.807, 2.05) is 44.4 Å². The van der Waals surface area contributed by atoms with Crippen LogP contribution in [0.3, 0.4) is 0 Å². The summed E-state index contributed by atoms with van der Waals surface area (Å²) in [4.78, 5) is 38.9. The van der Waals surface area contributed by atoms with Crippen molar-refractivity contribution in [2.45, 2.75) is 6.42 Å². The molecule has 0 radical (unpaired) electrons. The average molecular weight is 485 g/mol. The van der Waals surface area contributed by atoms with E-state index in [-0.39, 0.29) is 17.4 Å². The van der Waals surface area contributed by atoms with Crippen molar-refractivity contribution in [2.24, 2.45) is 0 Å². The highest BCUT2D eigenvalue weighted by Gasteiger charge is 2.29. The second-order valence-electron chi connectivity index (χ2n) is 8.75. The van der Waals surface area contributed by atoms with Crippen LogP contribution in [0.15, 0.2) is 72.8 Å². The standard InChI is InChI=1S/C28H28N4O4/c1-32(2)16-6-15-29-26(33)19-9-12-21(13-10-19)30-25(18-7-4-3-5-8-18)24-22-14-11-20(28(35)36)17-23(22)31-27(24)34/h3-5,7-14,17,30H,6,15-16H2,1-2H3,(H,29,33)(H,31,34)(H,35,36)/b25-24-. The molecule has 1 aliphatic rings. The predicted octanol–water partition coefficient (Wildman–Crippen LogP) is 4.00. The van der Waals surface area contributed by atoms with Crippen LogP contribution in [0.4, 0.5) is 11.4 Å². The summed E-state index contributed by atoms with van der Waals surface area (Å²) in [5.74, 6) is -1.53. The number of nitrogens with one attached hydrogen (secondary N) is 3. The number of hydrogen-bond donors (Lipinski definition) is 4. The molecule has 4 rings (SSSR count). The highest BCUT2D eigenvalue weighted by molar-refractivity contribution is 6.37. The largest absolute Gasteiger partial charge is 0.478 e. The smallest absolute Gasteiger partial charge is 0.335 e. The number of carboxylic acid groups (broad SMARTS) is 1. The Morgan fingerprint density at radius 1 is 0.917 bits per heavy atom. The Labute approximate surface area is 209 Å². The van der Waals surface area contributed by atoms with Gasteiger partial charge in [-0.25, -0.2) is 4.79 Å². The van der Waals surface area contributed by atoms with Crippen molar-refractivity contribution in [3.05, 3.63) is 95.1 Å². The first kappa shape index (κ1) is 24.7. The summed E-state index contributed by atoms with van der Waals surface area (Å²) >= 11 is 0. The number of nitrogens with zero attached hydrogens (tertiary/aromatic N) is 1. The zero-order valence-electron chi connectivity index (χ0n) is 20.2. The van der Waals surface area contributed by atoms with Crippen LogP contribution >= 0.6 is 0 Å². The van der Waals surface area contributed by atoms with E-state index in [4.69, 9.17) is 0 Å². The Hall–Kier alpha value is -4.43. The fourth-order valence-electron chi connectivity index (χ4n) is 3.99. The van der Waals surface area contributed by atoms with Crippen LogP contribution in [-0.2, 0) is 4.79 Å². The highest BCUT2D eigenvalue weighted by Crippen LogP contribution is 2.38. The van der Waals surface area contributed by atoms with Crippen LogP contribution in [0, 0.1) is 0 Å². The number of carbonyl (C=O) groups is 3. The SMILES string of the molecule is CN(C)CCCNC(=O)c1ccc(N/C(=C2\C(=O)Nc3cc(C(=O)O)ccc32)c2ccccc2)cc1. The fourth-order valence-corrected chi connectivity index (χ4v) is 3.99. The van der Waals surface area contributed by atoms with Crippen molar-refractivity contribution in [3.8, 4) is 0 Å². The van der Waals surface area contributed by atoms with Gasteiger partial charge < -0.3 is 26.0 Å². The van der Waals surface area contributed by atoms with Gasteiger partial charge in [0, 0.05) is 23.4 Å². The van der Waals surface area contributed by atoms with Crippen molar-refractivity contribution in [1.29, 1.82) is 0 Å². The maximum atomic E-state index is 13.0. The van der Waals surface area contributed by atoms with Gasteiger partial charge in [0.1, 0.15) is 0 Å². The summed E-state index contributed by atoms with van der Waals surface area (Å²) in [5.41, 5.74) is 4.20. The molecule has 0 unspecified atom stereocenters. The van der Waals surface area contributed by atoms with E-state index < -0.39 is 5.97 Å². The van der Waals surface area contributed by atoms with Crippen LogP contribution in [0.1, 0.15) is 38.3 Å². The van der Waals surface area contributed by atoms with Crippen LogP contribution in [0.5, 0.6) is 0 Å². The molecule has 0 aliphatic carbocycles. The van der Waals surface area contributed by atoms with Crippen molar-refractivity contribution >= 4 is 40.4 Å². The van der Waals surface area contributed by atoms with Gasteiger partial charge in [-0.2, -0.15) is 0 Å². The first-order chi connectivity index (χ1) is 17.3. The van der Waals surface area contributed by atoms with Gasteiger partial charge in [0.15, 0.2) is 0 Å². The molecule has 8 nitrogen and oxygen atoms in total. The van der Waals surface area contributed by atoms with Gasteiger partial charge in [0.25, 0.3) is 11.8 Å². The number of hydrogen-bond acceptors (Lipinski definition) is 5. The lowest BCUT2D eigenvalue weighted by atomic mass is 9.99. The monoisotopic (exact) mass is 484 g/mol. The summed E-state index contributed by atoms with van der Waals surface area (Å²) in [6.45, 7) is 1.49. The Morgan fingerprint density at radius 3 is 2.28 bits per heavy atom. The molecule has 0 fully saturated rings. The van der Waals surface area contributed by atoms with Crippen LogP contribution < -0.4 is 16.0 Å². The van der Waals surface area contributed by atoms with E-state index in [0.29, 0.717) is 40.3 Å². The minimum atomic E-state index is -1.06. The van der Waals surface area contributed by atoms with Crippen LogP contribution in [0.25, 0.3) is 11.3 Å². The molecule has 184 valence electrons. The molecular formula is C28H28N4O4. The molecule has 2 amide bonds. The molecule has 0 spiro atoms. The maximum absolute atomic E-state index is 13.0. The number of aromatic carboxylic acids is 1. The fraction of sp³-hybridized carbons (Fsp3) is 0.179. The average Bonchev–Trinajstić information content (AvgIpc) is 3.20. The van der Waals surface area contributed by atoms with E-state index in [2.05, 4.69) is 20.9 Å². The number of carboxylic acids is 1. The number of benzene rings is 3. The lowest BCUT2D eigenvalue weighted by Gasteiger charge is -2.15. The van der Waals surface area contributed by atoms with E-state index in [1.54, 1.807) is 30.3 Å². The third-order valence-electron chi connectivity index (χ3n) is 5.81. The molecule has 8 heteroatoms. The molecule has 0 saturated carbocycles. The molecule has 1 aliphatic heterocycles. The Kier molecular flexibility index (Phi) is 7.46.